The summed E-state index contributed by atoms with van der Waals surface area (Å²) in [5, 5.41) is 30.4. The van der Waals surface area contributed by atoms with Crippen molar-refractivity contribution in [2.75, 3.05) is 51.0 Å². The molecule has 2 aromatic rings. The zero-order chi connectivity index (χ0) is 36.5. The molecule has 6 N–H and O–H groups in total. The van der Waals surface area contributed by atoms with Gasteiger partial charge in [-0.25, -0.2) is 9.59 Å². The van der Waals surface area contributed by atoms with Crippen LogP contribution < -0.4 is 21.3 Å². The molecule has 2 aliphatic heterocycles. The Bertz CT molecular complexity index is 1430. The molecular weight excluding hydrogens is 652 g/mol. The Hall–Kier alpha value is -5.22. The Balaban J connectivity index is 1.27. The van der Waals surface area contributed by atoms with E-state index in [1.807, 2.05) is 24.3 Å². The number of alkyl carbamates (subject to hydrolysis) is 2. The lowest BCUT2D eigenvalue weighted by atomic mass is 10.0. The summed E-state index contributed by atoms with van der Waals surface area (Å²) in [5.74, 6) is -2.42. The maximum absolute atomic E-state index is 13.0. The third-order valence-corrected chi connectivity index (χ3v) is 8.79. The molecule has 0 bridgehead atoms. The molecule has 2 aromatic carbocycles. The minimum absolute atomic E-state index is 0.146. The summed E-state index contributed by atoms with van der Waals surface area (Å²) in [4.78, 5) is 77.8. The van der Waals surface area contributed by atoms with E-state index >= 15 is 0 Å². The minimum Gasteiger partial charge on any atom is -0.453 e. The van der Waals surface area contributed by atoms with Gasteiger partial charge in [0.15, 0.2) is 0 Å². The second-order valence-electron chi connectivity index (χ2n) is 12.4. The average Bonchev–Trinajstić information content (AvgIpc) is 3.81. The zero-order valence-electron chi connectivity index (χ0n) is 28.4. The van der Waals surface area contributed by atoms with E-state index < -0.39 is 60.1 Å². The molecule has 6 amide bonds. The van der Waals surface area contributed by atoms with Crippen molar-refractivity contribution < 1.29 is 48.5 Å². The molecule has 4 rings (SSSR count). The summed E-state index contributed by atoms with van der Waals surface area (Å²) in [6.07, 6.45) is -3.13. The molecule has 0 spiro atoms. The zero-order valence-corrected chi connectivity index (χ0v) is 28.4. The molecule has 16 nitrogen and oxygen atoms in total. The fourth-order valence-electron chi connectivity index (χ4n) is 5.87. The average molecular weight is 697 g/mol. The van der Waals surface area contributed by atoms with Crippen molar-refractivity contribution in [3.63, 3.8) is 0 Å². The van der Waals surface area contributed by atoms with Crippen LogP contribution in [0.4, 0.5) is 21.0 Å². The van der Waals surface area contributed by atoms with Crippen molar-refractivity contribution in [1.82, 2.24) is 20.4 Å². The number of rotatable bonds is 11. The second kappa shape index (κ2) is 16.9. The van der Waals surface area contributed by atoms with E-state index in [0.29, 0.717) is 37.3 Å². The van der Waals surface area contributed by atoms with Crippen LogP contribution in [0.3, 0.4) is 0 Å². The van der Waals surface area contributed by atoms with Crippen molar-refractivity contribution in [3.8, 4) is 11.1 Å². The van der Waals surface area contributed by atoms with E-state index in [1.165, 1.54) is 23.6 Å². The highest BCUT2D eigenvalue weighted by Gasteiger charge is 2.38. The van der Waals surface area contributed by atoms with Crippen LogP contribution in [0.5, 0.6) is 0 Å². The lowest BCUT2D eigenvalue weighted by Gasteiger charge is -2.25. The van der Waals surface area contributed by atoms with Gasteiger partial charge in [0, 0.05) is 37.6 Å². The van der Waals surface area contributed by atoms with Crippen LogP contribution in [-0.2, 0) is 28.7 Å². The fraction of sp³-hybridized carbons (Fsp3) is 0.471. The molecule has 2 aliphatic rings. The van der Waals surface area contributed by atoms with Gasteiger partial charge in [-0.05, 0) is 62.1 Å². The quantitative estimate of drug-likeness (QED) is 0.197. The van der Waals surface area contributed by atoms with Gasteiger partial charge < -0.3 is 50.8 Å². The normalized spacial score (nSPS) is 19.4. The van der Waals surface area contributed by atoms with Crippen LogP contribution in [0.2, 0.25) is 0 Å². The molecular formula is C34H44N6O10. The van der Waals surface area contributed by atoms with Gasteiger partial charge in [0.2, 0.25) is 23.6 Å². The van der Waals surface area contributed by atoms with Crippen LogP contribution >= 0.6 is 0 Å². The highest BCUT2D eigenvalue weighted by atomic mass is 16.5. The standard InChI is InChI=1S/C34H44N6O10/c1-19(41)27(37-33(47)49-3)31(45)39-15-13-23(17-39)29(43)35-25-9-5-21(6-10-25)22-7-11-26(12-8-22)36-30(44)24-14-16-40(18-24)32(46)28(20(2)42)38-34(48)50-4/h5-12,19-20,23-24,27-28,41-42H,13-18H2,1-4H3,(H,35,43)(H,36,44)(H,37,47)(H,38,48)/t19-,20+,23-,24+,27+,28-. The molecule has 0 radical (unpaired) electrons. The molecule has 50 heavy (non-hydrogen) atoms. The third kappa shape index (κ3) is 9.47. The number of ether oxygens (including phenoxy) is 2. The maximum Gasteiger partial charge on any atom is 0.407 e. The van der Waals surface area contributed by atoms with Crippen LogP contribution in [0.25, 0.3) is 11.1 Å². The predicted octanol–water partition coefficient (Wildman–Crippen LogP) is 1.14. The number of carbonyl (C=O) groups is 6. The molecule has 0 aromatic heterocycles. The van der Waals surface area contributed by atoms with E-state index in [-0.39, 0.29) is 24.9 Å². The number of hydrogen-bond donors (Lipinski definition) is 6. The first-order valence-corrected chi connectivity index (χ1v) is 16.3. The molecule has 270 valence electrons. The monoisotopic (exact) mass is 696 g/mol. The van der Waals surface area contributed by atoms with E-state index in [1.54, 1.807) is 24.3 Å². The maximum atomic E-state index is 13.0. The summed E-state index contributed by atoms with van der Waals surface area (Å²) >= 11 is 0. The van der Waals surface area contributed by atoms with Gasteiger partial charge in [0.1, 0.15) is 12.1 Å². The minimum atomic E-state index is -1.19. The van der Waals surface area contributed by atoms with Crippen molar-refractivity contribution in [3.05, 3.63) is 48.5 Å². The van der Waals surface area contributed by atoms with Gasteiger partial charge >= 0.3 is 12.2 Å². The smallest absolute Gasteiger partial charge is 0.407 e. The summed E-state index contributed by atoms with van der Waals surface area (Å²) in [5.41, 5.74) is 2.90. The van der Waals surface area contributed by atoms with Crippen molar-refractivity contribution >= 4 is 47.2 Å². The molecule has 0 aliphatic carbocycles. The largest absolute Gasteiger partial charge is 0.453 e. The first kappa shape index (κ1) is 37.6. The SMILES string of the molecule is COC(=O)N[C@H](C(=O)N1CC[C@@H](C(=O)Nc2ccc(-c3ccc(NC(=O)[C@H]4CCN(C(=O)[C@H](NC(=O)OC)[C@H](C)O)C4)cc3)cc2)C1)[C@@H](C)O. The number of nitrogens with zero attached hydrogens (tertiary/aromatic N) is 2. The second-order valence-corrected chi connectivity index (χ2v) is 12.4. The number of hydrogen-bond acceptors (Lipinski definition) is 10. The Morgan fingerprint density at radius 3 is 1.28 bits per heavy atom. The lowest BCUT2D eigenvalue weighted by Crippen LogP contribution is -2.53. The highest BCUT2D eigenvalue weighted by molar-refractivity contribution is 5.95. The molecule has 6 atom stereocenters. The number of amides is 6. The predicted molar refractivity (Wildman–Crippen MR) is 181 cm³/mol. The Kier molecular flexibility index (Phi) is 12.7. The Morgan fingerprint density at radius 2 is 0.980 bits per heavy atom. The molecule has 2 heterocycles. The Morgan fingerprint density at radius 1 is 0.640 bits per heavy atom. The first-order valence-electron chi connectivity index (χ1n) is 16.3. The Labute approximate surface area is 289 Å². The molecule has 16 heteroatoms. The number of carbonyl (C=O) groups excluding carboxylic acids is 6. The molecule has 2 saturated heterocycles. The lowest BCUT2D eigenvalue weighted by molar-refractivity contribution is -0.136. The highest BCUT2D eigenvalue weighted by Crippen LogP contribution is 2.26. The number of aliphatic hydroxyl groups excluding tert-OH is 2. The fourth-order valence-corrected chi connectivity index (χ4v) is 5.87. The summed E-state index contributed by atoms with van der Waals surface area (Å²) in [6, 6.07) is 12.1. The van der Waals surface area contributed by atoms with Crippen LogP contribution in [0, 0.1) is 11.8 Å². The van der Waals surface area contributed by atoms with Crippen molar-refractivity contribution in [1.29, 1.82) is 0 Å². The molecule has 0 saturated carbocycles. The number of anilines is 2. The van der Waals surface area contributed by atoms with E-state index in [4.69, 9.17) is 0 Å². The van der Waals surface area contributed by atoms with E-state index in [2.05, 4.69) is 30.7 Å². The molecule has 2 fully saturated rings. The van der Waals surface area contributed by atoms with Crippen LogP contribution in [-0.4, -0.2) is 121 Å². The summed E-state index contributed by atoms with van der Waals surface area (Å²) < 4.78 is 9.07. The topological polar surface area (TPSA) is 216 Å². The van der Waals surface area contributed by atoms with Gasteiger partial charge in [-0.1, -0.05) is 24.3 Å². The van der Waals surface area contributed by atoms with Gasteiger partial charge in [-0.2, -0.15) is 0 Å². The number of benzene rings is 2. The van der Waals surface area contributed by atoms with Crippen LogP contribution in [0.15, 0.2) is 48.5 Å². The third-order valence-electron chi connectivity index (χ3n) is 8.79. The van der Waals surface area contributed by atoms with Gasteiger partial charge in [-0.15, -0.1) is 0 Å². The summed E-state index contributed by atoms with van der Waals surface area (Å²) in [6.45, 7) is 3.67. The number of methoxy groups -OCH3 is 2. The van der Waals surface area contributed by atoms with Gasteiger partial charge in [0.05, 0.1) is 38.3 Å². The number of likely N-dealkylation sites (tertiary alicyclic amines) is 2. The van der Waals surface area contributed by atoms with E-state index in [0.717, 1.165) is 25.3 Å². The van der Waals surface area contributed by atoms with Gasteiger partial charge in [0.25, 0.3) is 0 Å². The van der Waals surface area contributed by atoms with Crippen molar-refractivity contribution in [2.24, 2.45) is 11.8 Å². The summed E-state index contributed by atoms with van der Waals surface area (Å²) in [7, 11) is 2.32. The number of nitrogens with one attached hydrogen (secondary N) is 4. The van der Waals surface area contributed by atoms with E-state index in [9.17, 15) is 39.0 Å². The van der Waals surface area contributed by atoms with Crippen molar-refractivity contribution in [2.45, 2.75) is 51.0 Å². The number of aliphatic hydroxyl groups is 2. The first-order chi connectivity index (χ1) is 23.8. The van der Waals surface area contributed by atoms with Gasteiger partial charge in [-0.3, -0.25) is 19.2 Å². The molecule has 0 unspecified atom stereocenters. The van der Waals surface area contributed by atoms with Crippen LogP contribution in [0.1, 0.15) is 26.7 Å².